The normalized spacial score (nSPS) is 11.8. The number of aliphatic hydroxyl groups excluding tert-OH is 1. The molecule has 3 nitrogen and oxygen atoms in total. The van der Waals surface area contributed by atoms with Crippen LogP contribution in [0.5, 0.6) is 0 Å². The Labute approximate surface area is 146 Å². The molecule has 0 atom stereocenters. The summed E-state index contributed by atoms with van der Waals surface area (Å²) in [5.41, 5.74) is 4.16. The van der Waals surface area contributed by atoms with Crippen LogP contribution in [0.2, 0.25) is 0 Å². The minimum absolute atomic E-state index is 0.0263. The van der Waals surface area contributed by atoms with Gasteiger partial charge in [0.15, 0.2) is 0 Å². The quantitative estimate of drug-likeness (QED) is 0.474. The summed E-state index contributed by atoms with van der Waals surface area (Å²) < 4.78 is 0. The van der Waals surface area contributed by atoms with Crippen LogP contribution in [-0.2, 0) is 5.41 Å². The van der Waals surface area contributed by atoms with Crippen molar-refractivity contribution < 1.29 is 5.11 Å². The summed E-state index contributed by atoms with van der Waals surface area (Å²) in [7, 11) is 0. The lowest BCUT2D eigenvalue weighted by atomic mass is 9.91. The predicted molar refractivity (Wildman–Crippen MR) is 103 cm³/mol. The molecule has 0 unspecified atom stereocenters. The number of aromatic amines is 1. The Morgan fingerprint density at radius 2 is 2.00 bits per heavy atom. The Kier molecular flexibility index (Phi) is 4.41. The van der Waals surface area contributed by atoms with Gasteiger partial charge >= 0.3 is 0 Å². The molecule has 3 rings (SSSR count). The molecule has 0 fully saturated rings. The maximum absolute atomic E-state index is 9.24. The molecule has 0 aliphatic heterocycles. The third kappa shape index (κ3) is 3.65. The van der Waals surface area contributed by atoms with Crippen LogP contribution in [0, 0.1) is 0 Å². The number of aromatic nitrogens is 2. The third-order valence-corrected chi connectivity index (χ3v) is 4.86. The highest BCUT2D eigenvalue weighted by Crippen LogP contribution is 2.29. The highest BCUT2D eigenvalue weighted by Gasteiger charge is 2.16. The third-order valence-electron chi connectivity index (χ3n) is 3.79. The second-order valence-electron chi connectivity index (χ2n) is 6.95. The fourth-order valence-electron chi connectivity index (χ4n) is 2.51. The molecule has 2 heterocycles. The van der Waals surface area contributed by atoms with Crippen molar-refractivity contribution in [2.75, 3.05) is 5.75 Å². The zero-order valence-corrected chi connectivity index (χ0v) is 15.1. The summed E-state index contributed by atoms with van der Waals surface area (Å²) in [6, 6.07) is 14.5. The van der Waals surface area contributed by atoms with Crippen LogP contribution >= 0.6 is 11.8 Å². The molecule has 4 heteroatoms. The molecule has 2 N–H and O–H groups in total. The molecule has 0 saturated carbocycles. The summed E-state index contributed by atoms with van der Waals surface area (Å²) in [4.78, 5) is 9.37. The first-order valence-corrected chi connectivity index (χ1v) is 8.92. The van der Waals surface area contributed by atoms with E-state index >= 15 is 0 Å². The number of aliphatic hydroxyl groups is 1. The van der Waals surface area contributed by atoms with Crippen molar-refractivity contribution in [3.05, 3.63) is 60.5 Å². The maximum Gasteiger partial charge on any atom is 0.0953 e. The molecule has 0 bridgehead atoms. The zero-order valence-electron chi connectivity index (χ0n) is 14.3. The number of fused-ring (bicyclic) bond motifs is 1. The Bertz CT molecular complexity index is 890. The largest absolute Gasteiger partial charge is 0.512 e. The molecule has 0 radical (unpaired) electrons. The summed E-state index contributed by atoms with van der Waals surface area (Å²) in [5, 5.41) is 10.4. The molecule has 24 heavy (non-hydrogen) atoms. The van der Waals surface area contributed by atoms with Gasteiger partial charge in [-0.15, -0.1) is 11.8 Å². The molecule has 2 aromatic heterocycles. The van der Waals surface area contributed by atoms with Gasteiger partial charge in [0.25, 0.3) is 0 Å². The van der Waals surface area contributed by atoms with Gasteiger partial charge in [0.2, 0.25) is 0 Å². The van der Waals surface area contributed by atoms with Gasteiger partial charge in [0.1, 0.15) is 0 Å². The van der Waals surface area contributed by atoms with Crippen molar-refractivity contribution in [1.82, 2.24) is 9.97 Å². The Morgan fingerprint density at radius 1 is 1.21 bits per heavy atom. The van der Waals surface area contributed by atoms with Gasteiger partial charge in [0.05, 0.1) is 22.9 Å². The zero-order chi connectivity index (χ0) is 17.3. The average Bonchev–Trinajstić information content (AvgIpc) is 2.95. The number of rotatable bonds is 4. The lowest BCUT2D eigenvalue weighted by Gasteiger charge is -2.18. The lowest BCUT2D eigenvalue weighted by molar-refractivity contribution is 0.420. The van der Waals surface area contributed by atoms with E-state index in [4.69, 9.17) is 4.98 Å². The number of thioether (sulfide) groups is 1. The van der Waals surface area contributed by atoms with E-state index in [1.54, 1.807) is 11.8 Å². The molecule has 0 amide bonds. The van der Waals surface area contributed by atoms with Crippen LogP contribution in [0.25, 0.3) is 22.3 Å². The van der Waals surface area contributed by atoms with Crippen LogP contribution < -0.4 is 0 Å². The van der Waals surface area contributed by atoms with Crippen molar-refractivity contribution in [1.29, 1.82) is 0 Å². The van der Waals surface area contributed by atoms with E-state index in [2.05, 4.69) is 68.7 Å². The second-order valence-corrected chi connectivity index (χ2v) is 7.99. The number of pyridine rings is 1. The van der Waals surface area contributed by atoms with E-state index in [-0.39, 0.29) is 11.2 Å². The minimum atomic E-state index is 0.0263. The van der Waals surface area contributed by atoms with Gasteiger partial charge < -0.3 is 10.1 Å². The average molecular weight is 338 g/mol. The van der Waals surface area contributed by atoms with Crippen LogP contribution in [-0.4, -0.2) is 20.8 Å². The first-order valence-electron chi connectivity index (χ1n) is 7.93. The van der Waals surface area contributed by atoms with Crippen molar-refractivity contribution in [2.45, 2.75) is 31.1 Å². The highest BCUT2D eigenvalue weighted by atomic mass is 32.2. The van der Waals surface area contributed by atoms with Gasteiger partial charge in [-0.1, -0.05) is 33.4 Å². The van der Waals surface area contributed by atoms with Crippen molar-refractivity contribution in [3.8, 4) is 11.4 Å². The van der Waals surface area contributed by atoms with Gasteiger partial charge in [-0.25, -0.2) is 0 Å². The van der Waals surface area contributed by atoms with Gasteiger partial charge in [-0.3, -0.25) is 4.98 Å². The fraction of sp³-hybridized carbons (Fsp3) is 0.250. The van der Waals surface area contributed by atoms with Gasteiger partial charge in [0, 0.05) is 26.9 Å². The van der Waals surface area contributed by atoms with E-state index in [9.17, 15) is 5.11 Å². The number of hydrogen-bond acceptors (Lipinski definition) is 3. The summed E-state index contributed by atoms with van der Waals surface area (Å²) in [6.07, 6.45) is 0. The molecule has 0 saturated heterocycles. The molecule has 0 aliphatic carbocycles. The summed E-state index contributed by atoms with van der Waals surface area (Å²) >= 11 is 1.58. The maximum atomic E-state index is 9.24. The van der Waals surface area contributed by atoms with Crippen molar-refractivity contribution in [2.24, 2.45) is 0 Å². The SMILES string of the molecule is C=C(O)CSc1ccc2[nH]c(-c3cccc(C(C)(C)C)n3)cc2c1. The molecule has 3 aromatic rings. The topological polar surface area (TPSA) is 48.9 Å². The number of H-pyrrole nitrogens is 1. The van der Waals surface area contributed by atoms with Crippen molar-refractivity contribution >= 4 is 22.7 Å². The number of benzene rings is 1. The first kappa shape index (κ1) is 16.7. The lowest BCUT2D eigenvalue weighted by Crippen LogP contribution is -2.13. The standard InChI is InChI=1S/C20H22N2OS/c1-13(23)12-24-15-8-9-16-14(10-15)11-18(21-16)17-6-5-7-19(22-17)20(2,3)4/h5-11,21,23H,1,12H2,2-4H3. The Balaban J connectivity index is 1.95. The first-order chi connectivity index (χ1) is 11.3. The minimum Gasteiger partial charge on any atom is -0.512 e. The molecular formula is C20H22N2OS. The number of nitrogens with zero attached hydrogens (tertiary/aromatic N) is 1. The predicted octanol–water partition coefficient (Wildman–Crippen LogP) is 5.69. The van der Waals surface area contributed by atoms with E-state index in [0.717, 1.165) is 32.9 Å². The van der Waals surface area contributed by atoms with Crippen molar-refractivity contribution in [3.63, 3.8) is 0 Å². The smallest absolute Gasteiger partial charge is 0.0953 e. The molecule has 0 aliphatic rings. The summed E-state index contributed by atoms with van der Waals surface area (Å²) in [6.45, 7) is 10.0. The van der Waals surface area contributed by atoms with E-state index in [0.29, 0.717) is 5.75 Å². The van der Waals surface area contributed by atoms with Gasteiger partial charge in [-0.2, -0.15) is 0 Å². The van der Waals surface area contributed by atoms with Crippen LogP contribution in [0.3, 0.4) is 0 Å². The highest BCUT2D eigenvalue weighted by molar-refractivity contribution is 7.99. The number of hydrogen-bond donors (Lipinski definition) is 2. The molecule has 0 spiro atoms. The van der Waals surface area contributed by atoms with Crippen LogP contribution in [0.4, 0.5) is 0 Å². The van der Waals surface area contributed by atoms with E-state index in [1.165, 1.54) is 0 Å². The van der Waals surface area contributed by atoms with Gasteiger partial charge in [-0.05, 0) is 36.4 Å². The monoisotopic (exact) mass is 338 g/mol. The van der Waals surface area contributed by atoms with Crippen LogP contribution in [0.15, 0.2) is 59.7 Å². The number of nitrogens with one attached hydrogen (secondary N) is 1. The summed E-state index contributed by atoms with van der Waals surface area (Å²) in [5.74, 6) is 0.705. The second kappa shape index (κ2) is 6.36. The van der Waals surface area contributed by atoms with E-state index < -0.39 is 0 Å². The Morgan fingerprint density at radius 3 is 2.71 bits per heavy atom. The molecule has 124 valence electrons. The van der Waals surface area contributed by atoms with Crippen LogP contribution in [0.1, 0.15) is 26.5 Å². The van der Waals surface area contributed by atoms with E-state index in [1.807, 2.05) is 6.07 Å². The molecule has 1 aromatic carbocycles. The Hall–Kier alpha value is -2.20. The fourth-order valence-corrected chi connectivity index (χ4v) is 3.22. The molecular weight excluding hydrogens is 316 g/mol.